The molecular formula is C6H10Cl2N2S. The van der Waals surface area contributed by atoms with E-state index in [9.17, 15) is 0 Å². The van der Waals surface area contributed by atoms with E-state index >= 15 is 0 Å². The zero-order valence-electron chi connectivity index (χ0n) is 5.82. The topological polar surface area (TPSA) is 24.9 Å². The molecule has 0 saturated carbocycles. The maximum absolute atomic E-state index is 4.02. The summed E-state index contributed by atoms with van der Waals surface area (Å²) in [6.07, 6.45) is 1.97. The van der Waals surface area contributed by atoms with Gasteiger partial charge in [-0.25, -0.2) is 0 Å². The highest BCUT2D eigenvalue weighted by molar-refractivity contribution is 7.09. The summed E-state index contributed by atoms with van der Waals surface area (Å²) < 4.78 is 0. The molecule has 0 unspecified atom stereocenters. The molecule has 2 rings (SSSR count). The van der Waals surface area contributed by atoms with Crippen LogP contribution in [0, 0.1) is 0 Å². The molecule has 1 aromatic rings. The van der Waals surface area contributed by atoms with Crippen molar-refractivity contribution in [2.45, 2.75) is 5.92 Å². The Kier molecular flexibility index (Phi) is 5.01. The minimum Gasteiger partial charge on any atom is -0.315 e. The lowest BCUT2D eigenvalue weighted by Crippen LogP contribution is -2.39. The van der Waals surface area contributed by atoms with Crippen LogP contribution in [-0.2, 0) is 0 Å². The first-order chi connectivity index (χ1) is 4.47. The molecule has 1 aliphatic heterocycles. The van der Waals surface area contributed by atoms with E-state index in [1.165, 1.54) is 4.88 Å². The van der Waals surface area contributed by atoms with Crippen molar-refractivity contribution in [2.75, 3.05) is 13.1 Å². The van der Waals surface area contributed by atoms with Gasteiger partial charge in [0.1, 0.15) is 0 Å². The van der Waals surface area contributed by atoms with Gasteiger partial charge in [-0.2, -0.15) is 0 Å². The van der Waals surface area contributed by atoms with Crippen LogP contribution in [0.25, 0.3) is 0 Å². The molecule has 5 heteroatoms. The van der Waals surface area contributed by atoms with Gasteiger partial charge in [-0.15, -0.1) is 36.2 Å². The van der Waals surface area contributed by atoms with Gasteiger partial charge in [0.2, 0.25) is 0 Å². The number of thiazole rings is 1. The van der Waals surface area contributed by atoms with Crippen LogP contribution in [-0.4, -0.2) is 18.1 Å². The Hall–Kier alpha value is 0.170. The predicted molar refractivity (Wildman–Crippen MR) is 52.2 cm³/mol. The van der Waals surface area contributed by atoms with Gasteiger partial charge < -0.3 is 5.32 Å². The van der Waals surface area contributed by atoms with Gasteiger partial charge >= 0.3 is 0 Å². The second-order valence-electron chi connectivity index (χ2n) is 2.26. The first-order valence-corrected chi connectivity index (χ1v) is 3.94. The van der Waals surface area contributed by atoms with Crippen molar-refractivity contribution < 1.29 is 0 Å². The number of hydrogen-bond donors (Lipinski definition) is 1. The number of halogens is 2. The Labute approximate surface area is 82.2 Å². The molecule has 0 amide bonds. The summed E-state index contributed by atoms with van der Waals surface area (Å²) in [6, 6.07) is 0. The van der Waals surface area contributed by atoms with Crippen LogP contribution in [0.15, 0.2) is 11.7 Å². The lowest BCUT2D eigenvalue weighted by atomic mass is 10.0. The smallest absolute Gasteiger partial charge is 0.0794 e. The molecule has 0 atom stereocenters. The lowest BCUT2D eigenvalue weighted by Gasteiger charge is -2.25. The predicted octanol–water partition coefficient (Wildman–Crippen LogP) is 1.67. The molecular weight excluding hydrogens is 203 g/mol. The molecule has 0 bridgehead atoms. The van der Waals surface area contributed by atoms with Crippen LogP contribution < -0.4 is 5.32 Å². The molecule has 1 aromatic heterocycles. The Bertz CT molecular complexity index is 186. The Balaban J connectivity index is 0.000000500. The van der Waals surface area contributed by atoms with E-state index in [4.69, 9.17) is 0 Å². The normalized spacial score (nSPS) is 16.0. The molecule has 0 aliphatic carbocycles. The highest BCUT2D eigenvalue weighted by atomic mass is 35.5. The number of rotatable bonds is 1. The first kappa shape index (κ1) is 11.2. The number of aromatic nitrogens is 1. The van der Waals surface area contributed by atoms with Crippen molar-refractivity contribution in [3.8, 4) is 0 Å². The minimum atomic E-state index is 0. The Morgan fingerprint density at radius 2 is 2.18 bits per heavy atom. The summed E-state index contributed by atoms with van der Waals surface area (Å²) in [7, 11) is 0. The fourth-order valence-corrected chi connectivity index (χ4v) is 1.64. The van der Waals surface area contributed by atoms with Crippen molar-refractivity contribution in [3.63, 3.8) is 0 Å². The highest BCUT2D eigenvalue weighted by Crippen LogP contribution is 2.22. The molecule has 0 spiro atoms. The van der Waals surface area contributed by atoms with Crippen LogP contribution in [0.2, 0.25) is 0 Å². The molecule has 1 saturated heterocycles. The quantitative estimate of drug-likeness (QED) is 0.767. The van der Waals surface area contributed by atoms with Crippen LogP contribution in [0.4, 0.5) is 0 Å². The highest BCUT2D eigenvalue weighted by Gasteiger charge is 2.19. The van der Waals surface area contributed by atoms with Crippen LogP contribution >= 0.6 is 36.2 Å². The van der Waals surface area contributed by atoms with E-state index in [0.29, 0.717) is 0 Å². The van der Waals surface area contributed by atoms with Gasteiger partial charge in [0, 0.05) is 30.1 Å². The van der Waals surface area contributed by atoms with Gasteiger partial charge in [0.15, 0.2) is 0 Å². The van der Waals surface area contributed by atoms with Crippen molar-refractivity contribution in [3.05, 3.63) is 16.6 Å². The summed E-state index contributed by atoms with van der Waals surface area (Å²) in [5.74, 6) is 0.762. The van der Waals surface area contributed by atoms with Crippen molar-refractivity contribution in [1.29, 1.82) is 0 Å². The Morgan fingerprint density at radius 1 is 1.45 bits per heavy atom. The van der Waals surface area contributed by atoms with E-state index < -0.39 is 0 Å². The van der Waals surface area contributed by atoms with Crippen molar-refractivity contribution in [2.24, 2.45) is 0 Å². The molecule has 2 heterocycles. The van der Waals surface area contributed by atoms with E-state index in [1.807, 2.05) is 11.7 Å². The van der Waals surface area contributed by atoms with Crippen molar-refractivity contribution >= 4 is 36.2 Å². The zero-order chi connectivity index (χ0) is 6.10. The summed E-state index contributed by atoms with van der Waals surface area (Å²) in [5, 5.41) is 3.23. The third-order valence-corrected chi connectivity index (χ3v) is 2.57. The second kappa shape index (κ2) is 4.93. The van der Waals surface area contributed by atoms with Crippen LogP contribution in [0.1, 0.15) is 10.8 Å². The average Bonchev–Trinajstić information content (AvgIpc) is 2.11. The summed E-state index contributed by atoms with van der Waals surface area (Å²) >= 11 is 1.76. The van der Waals surface area contributed by atoms with Gasteiger partial charge in [0.25, 0.3) is 0 Å². The van der Waals surface area contributed by atoms with E-state index in [-0.39, 0.29) is 24.8 Å². The molecule has 1 fully saturated rings. The third-order valence-electron chi connectivity index (χ3n) is 1.64. The van der Waals surface area contributed by atoms with Gasteiger partial charge in [0.05, 0.1) is 5.51 Å². The maximum Gasteiger partial charge on any atom is 0.0794 e. The second-order valence-corrected chi connectivity index (χ2v) is 3.18. The fourth-order valence-electron chi connectivity index (χ4n) is 0.917. The van der Waals surface area contributed by atoms with E-state index in [1.54, 1.807) is 11.3 Å². The van der Waals surface area contributed by atoms with E-state index in [2.05, 4.69) is 10.3 Å². The van der Waals surface area contributed by atoms with Gasteiger partial charge in [-0.3, -0.25) is 4.98 Å². The van der Waals surface area contributed by atoms with Gasteiger partial charge in [-0.05, 0) is 0 Å². The van der Waals surface area contributed by atoms with Crippen molar-refractivity contribution in [1.82, 2.24) is 10.3 Å². The molecule has 1 aliphatic rings. The minimum absolute atomic E-state index is 0. The molecule has 0 aromatic carbocycles. The number of nitrogens with one attached hydrogen (secondary N) is 1. The number of nitrogens with zero attached hydrogens (tertiary/aromatic N) is 1. The summed E-state index contributed by atoms with van der Waals surface area (Å²) in [5.41, 5.74) is 1.90. The zero-order valence-corrected chi connectivity index (χ0v) is 8.27. The third kappa shape index (κ3) is 2.30. The fraction of sp³-hybridized carbons (Fsp3) is 0.500. The Morgan fingerprint density at radius 3 is 2.55 bits per heavy atom. The molecule has 2 nitrogen and oxygen atoms in total. The molecule has 11 heavy (non-hydrogen) atoms. The summed E-state index contributed by atoms with van der Waals surface area (Å²) in [4.78, 5) is 5.44. The first-order valence-electron chi connectivity index (χ1n) is 3.06. The summed E-state index contributed by atoms with van der Waals surface area (Å²) in [6.45, 7) is 2.28. The monoisotopic (exact) mass is 212 g/mol. The lowest BCUT2D eigenvalue weighted by molar-refractivity contribution is 0.454. The molecule has 0 radical (unpaired) electrons. The standard InChI is InChI=1S/C6H8N2S.2ClH/c1-5(2-7-1)6-3-8-4-9-6;;/h3-5,7H,1-2H2;2*1H. The van der Waals surface area contributed by atoms with Gasteiger partial charge in [-0.1, -0.05) is 0 Å². The van der Waals surface area contributed by atoms with Crippen LogP contribution in [0.3, 0.4) is 0 Å². The number of hydrogen-bond acceptors (Lipinski definition) is 3. The average molecular weight is 213 g/mol. The van der Waals surface area contributed by atoms with Crippen LogP contribution in [0.5, 0.6) is 0 Å². The van der Waals surface area contributed by atoms with E-state index in [0.717, 1.165) is 19.0 Å². The largest absolute Gasteiger partial charge is 0.315 e. The maximum atomic E-state index is 4.02. The SMILES string of the molecule is Cl.Cl.c1ncc(C2CNC2)s1. The molecule has 1 N–H and O–H groups in total. The molecule has 64 valence electrons.